The first-order valence-electron chi connectivity index (χ1n) is 14.7. The molecule has 2 atom stereocenters. The van der Waals surface area contributed by atoms with E-state index in [1.807, 2.05) is 24.3 Å². The summed E-state index contributed by atoms with van der Waals surface area (Å²) in [5.74, 6) is 0.952. The van der Waals surface area contributed by atoms with Gasteiger partial charge in [-0.15, -0.1) is 0 Å². The molecule has 1 N–H and O–H groups in total. The fourth-order valence-electron chi connectivity index (χ4n) is 6.05. The van der Waals surface area contributed by atoms with Crippen LogP contribution in [0.2, 0.25) is 5.22 Å². The van der Waals surface area contributed by atoms with Gasteiger partial charge in [0.25, 0.3) is 0 Å². The predicted octanol–water partition coefficient (Wildman–Crippen LogP) is 7.19. The van der Waals surface area contributed by atoms with E-state index in [0.29, 0.717) is 34.9 Å². The third-order valence-corrected chi connectivity index (χ3v) is 8.71. The molecule has 0 amide bonds. The zero-order valence-corrected chi connectivity index (χ0v) is 24.6. The van der Waals surface area contributed by atoms with Gasteiger partial charge in [0, 0.05) is 36.1 Å². The van der Waals surface area contributed by atoms with Crippen LogP contribution in [-0.2, 0) is 24.3 Å². The third-order valence-electron chi connectivity index (χ3n) is 8.53. The number of carbonyl (C=O) groups is 1. The van der Waals surface area contributed by atoms with Crippen LogP contribution in [0, 0.1) is 17.2 Å². The molecule has 0 bridgehead atoms. The Hall–Kier alpha value is -4.65. The van der Waals surface area contributed by atoms with Crippen molar-refractivity contribution in [1.29, 1.82) is 5.26 Å². The van der Waals surface area contributed by atoms with Gasteiger partial charge in [-0.3, -0.25) is 0 Å². The number of halogens is 1. The average Bonchev–Trinajstić information content (AvgIpc) is 3.57. The Morgan fingerprint density at radius 3 is 2.80 bits per heavy atom. The molecule has 1 aliphatic heterocycles. The average molecular weight is 609 g/mol. The van der Waals surface area contributed by atoms with Crippen LogP contribution in [0.25, 0.3) is 27.6 Å². The van der Waals surface area contributed by atoms with Crippen molar-refractivity contribution in [3.8, 4) is 11.9 Å². The lowest BCUT2D eigenvalue weighted by atomic mass is 9.86. The largest absolute Gasteiger partial charge is 0.478 e. The third kappa shape index (κ3) is 5.54. The second kappa shape index (κ2) is 11.8. The second-order valence-electron chi connectivity index (χ2n) is 11.3. The maximum Gasteiger partial charge on any atom is 0.335 e. The van der Waals surface area contributed by atoms with Crippen molar-refractivity contribution in [2.24, 2.45) is 5.92 Å². The molecule has 1 fully saturated rings. The Bertz CT molecular complexity index is 1970. The van der Waals surface area contributed by atoms with E-state index in [2.05, 4.69) is 16.7 Å². The molecule has 10 heteroatoms. The highest BCUT2D eigenvalue weighted by Crippen LogP contribution is 2.34. The first kappa shape index (κ1) is 28.1. The number of nitriles is 1. The summed E-state index contributed by atoms with van der Waals surface area (Å²) in [5.41, 5.74) is 5.83. The SMILES string of the molecule is N#Cc1ccc(COc2cccc(C3=CCC(Cc4nc5ccc(C(=O)O)cc5n4C[C@@H]4CCO4)CC3)n2)c2oc(Cl)cc12. The Kier molecular flexibility index (Phi) is 7.54. The van der Waals surface area contributed by atoms with Crippen LogP contribution in [0.15, 0.2) is 65.1 Å². The summed E-state index contributed by atoms with van der Waals surface area (Å²) in [7, 11) is 0. The first-order valence-corrected chi connectivity index (χ1v) is 15.1. The fourth-order valence-corrected chi connectivity index (χ4v) is 6.23. The number of aromatic nitrogens is 3. The van der Waals surface area contributed by atoms with Gasteiger partial charge < -0.3 is 23.6 Å². The summed E-state index contributed by atoms with van der Waals surface area (Å²) in [5, 5.41) is 19.8. The van der Waals surface area contributed by atoms with Crippen molar-refractivity contribution < 1.29 is 23.8 Å². The lowest BCUT2D eigenvalue weighted by Gasteiger charge is -2.28. The van der Waals surface area contributed by atoms with Gasteiger partial charge in [-0.1, -0.05) is 18.2 Å². The number of hydrogen-bond acceptors (Lipinski definition) is 7. The summed E-state index contributed by atoms with van der Waals surface area (Å²) in [6.07, 6.45) is 6.98. The Balaban J connectivity index is 1.05. The molecule has 7 rings (SSSR count). The summed E-state index contributed by atoms with van der Waals surface area (Å²) in [6, 6.07) is 18.3. The van der Waals surface area contributed by atoms with Crippen molar-refractivity contribution in [2.45, 2.75) is 51.4 Å². The maximum absolute atomic E-state index is 11.6. The van der Waals surface area contributed by atoms with Crippen molar-refractivity contribution in [1.82, 2.24) is 14.5 Å². The maximum atomic E-state index is 11.6. The van der Waals surface area contributed by atoms with E-state index < -0.39 is 5.97 Å². The molecule has 5 aromatic rings. The van der Waals surface area contributed by atoms with Gasteiger partial charge in [-0.05, 0) is 79.1 Å². The fraction of sp³-hybridized carbons (Fsp3) is 0.294. The van der Waals surface area contributed by atoms with E-state index in [9.17, 15) is 15.2 Å². The molecule has 0 radical (unpaired) electrons. The number of allylic oxidation sites excluding steroid dienone is 2. The van der Waals surface area contributed by atoms with Crippen LogP contribution in [0.5, 0.6) is 5.88 Å². The normalized spacial score (nSPS) is 18.1. The van der Waals surface area contributed by atoms with Crippen molar-refractivity contribution in [2.75, 3.05) is 6.61 Å². The van der Waals surface area contributed by atoms with E-state index in [1.54, 1.807) is 30.3 Å². The molecule has 1 saturated heterocycles. The van der Waals surface area contributed by atoms with Gasteiger partial charge >= 0.3 is 5.97 Å². The lowest BCUT2D eigenvalue weighted by molar-refractivity contribution is -0.0590. The zero-order chi connectivity index (χ0) is 30.2. The van der Waals surface area contributed by atoms with Crippen LogP contribution in [0.4, 0.5) is 0 Å². The number of ether oxygens (including phenoxy) is 2. The molecule has 0 spiro atoms. The van der Waals surface area contributed by atoms with Crippen LogP contribution in [-0.4, -0.2) is 38.3 Å². The van der Waals surface area contributed by atoms with Gasteiger partial charge in [0.2, 0.25) is 5.88 Å². The highest BCUT2D eigenvalue weighted by Gasteiger charge is 2.25. The highest BCUT2D eigenvalue weighted by atomic mass is 35.5. The van der Waals surface area contributed by atoms with Crippen molar-refractivity contribution in [3.63, 3.8) is 0 Å². The van der Waals surface area contributed by atoms with E-state index in [0.717, 1.165) is 66.8 Å². The number of furan rings is 1. The Morgan fingerprint density at radius 1 is 1.16 bits per heavy atom. The van der Waals surface area contributed by atoms with Gasteiger partial charge in [0.1, 0.15) is 18.0 Å². The number of imidazole rings is 1. The minimum atomic E-state index is -0.942. The lowest BCUT2D eigenvalue weighted by Crippen LogP contribution is -2.32. The van der Waals surface area contributed by atoms with Gasteiger partial charge in [0.05, 0.1) is 46.6 Å². The number of aromatic carboxylic acids is 1. The number of hydrogen-bond donors (Lipinski definition) is 1. The number of pyridine rings is 1. The van der Waals surface area contributed by atoms with Crippen molar-refractivity contribution in [3.05, 3.63) is 94.1 Å². The number of nitrogens with zero attached hydrogens (tertiary/aromatic N) is 4. The molecule has 44 heavy (non-hydrogen) atoms. The molecule has 4 heterocycles. The summed E-state index contributed by atoms with van der Waals surface area (Å²) in [6.45, 7) is 1.67. The number of carboxylic acid groups (broad SMARTS) is 1. The van der Waals surface area contributed by atoms with Gasteiger partial charge in [0.15, 0.2) is 5.22 Å². The summed E-state index contributed by atoms with van der Waals surface area (Å²) < 4.78 is 19.5. The molecule has 9 nitrogen and oxygen atoms in total. The van der Waals surface area contributed by atoms with E-state index in [1.165, 1.54) is 5.57 Å². The molecule has 1 unspecified atom stereocenters. The van der Waals surface area contributed by atoms with Gasteiger partial charge in [-0.2, -0.15) is 5.26 Å². The molecule has 2 aliphatic rings. The minimum absolute atomic E-state index is 0.137. The number of fused-ring (bicyclic) bond motifs is 2. The smallest absolute Gasteiger partial charge is 0.335 e. The monoisotopic (exact) mass is 608 g/mol. The Labute approximate surface area is 258 Å². The molecule has 3 aromatic heterocycles. The molecular formula is C34H29ClN4O5. The topological polar surface area (TPSA) is 123 Å². The molecular weight excluding hydrogens is 580 g/mol. The molecule has 222 valence electrons. The summed E-state index contributed by atoms with van der Waals surface area (Å²) >= 11 is 6.07. The molecule has 2 aromatic carbocycles. The quantitative estimate of drug-likeness (QED) is 0.186. The first-order chi connectivity index (χ1) is 21.4. The highest BCUT2D eigenvalue weighted by molar-refractivity contribution is 6.29. The van der Waals surface area contributed by atoms with Crippen LogP contribution in [0.1, 0.15) is 58.7 Å². The van der Waals surface area contributed by atoms with Crippen LogP contribution >= 0.6 is 11.6 Å². The number of benzene rings is 2. The zero-order valence-electron chi connectivity index (χ0n) is 23.8. The van der Waals surface area contributed by atoms with Crippen molar-refractivity contribution >= 4 is 45.1 Å². The number of rotatable bonds is 9. The summed E-state index contributed by atoms with van der Waals surface area (Å²) in [4.78, 5) is 21.3. The standard InChI is InChI=1S/C34H29ClN4O5/c35-30-16-26-23(17-36)8-9-24(33(26)44-30)19-43-32-3-1-2-27(38-32)21-6-4-20(5-7-21)14-31-37-28-11-10-22(34(40)41)15-29(28)39(31)18-25-12-13-42-25/h1-3,6,8-11,15-16,20,25H,4-5,7,12-14,18-19H2,(H,40,41)/t20?,25-/m0/s1. The van der Waals surface area contributed by atoms with Crippen LogP contribution in [0.3, 0.4) is 0 Å². The second-order valence-corrected chi connectivity index (χ2v) is 11.7. The van der Waals surface area contributed by atoms with E-state index in [4.69, 9.17) is 35.5 Å². The Morgan fingerprint density at radius 2 is 2.05 bits per heavy atom. The van der Waals surface area contributed by atoms with E-state index in [-0.39, 0.29) is 23.5 Å². The van der Waals surface area contributed by atoms with E-state index >= 15 is 0 Å². The number of carboxylic acids is 1. The van der Waals surface area contributed by atoms with Gasteiger partial charge in [-0.25, -0.2) is 14.8 Å². The van der Waals surface area contributed by atoms with Crippen LogP contribution < -0.4 is 4.74 Å². The molecule has 0 saturated carbocycles. The molecule has 1 aliphatic carbocycles. The predicted molar refractivity (Wildman–Crippen MR) is 165 cm³/mol. The minimum Gasteiger partial charge on any atom is -0.478 e.